The van der Waals surface area contributed by atoms with Gasteiger partial charge in [0.2, 0.25) is 0 Å². The predicted octanol–water partition coefficient (Wildman–Crippen LogP) is 1.91. The molecule has 0 aliphatic carbocycles. The van der Waals surface area contributed by atoms with Crippen LogP contribution in [0.5, 0.6) is 5.75 Å². The van der Waals surface area contributed by atoms with Crippen LogP contribution in [0.1, 0.15) is 29.8 Å². The molecule has 1 fully saturated rings. The van der Waals surface area contributed by atoms with Crippen LogP contribution in [0.3, 0.4) is 0 Å². The van der Waals surface area contributed by atoms with Crippen molar-refractivity contribution < 1.29 is 27.9 Å². The van der Waals surface area contributed by atoms with E-state index >= 15 is 0 Å². The molecule has 116 valence electrons. The monoisotopic (exact) mass is 302 g/mol. The molecule has 2 heterocycles. The summed E-state index contributed by atoms with van der Waals surface area (Å²) in [6.45, 7) is -0.146. The summed E-state index contributed by atoms with van der Waals surface area (Å²) in [5, 5.41) is 0. The van der Waals surface area contributed by atoms with Crippen molar-refractivity contribution in [3.8, 4) is 5.75 Å². The van der Waals surface area contributed by atoms with Crippen LogP contribution >= 0.6 is 0 Å². The predicted molar refractivity (Wildman–Crippen MR) is 67.9 cm³/mol. The Morgan fingerprint density at radius 3 is 3.10 bits per heavy atom. The number of alkyl halides is 2. The van der Waals surface area contributed by atoms with E-state index in [4.69, 9.17) is 14.3 Å². The Labute approximate surface area is 120 Å². The van der Waals surface area contributed by atoms with Gasteiger partial charge in [0.25, 0.3) is 12.3 Å². The van der Waals surface area contributed by atoms with E-state index in [1.807, 2.05) is 0 Å². The number of nitrogens with one attached hydrogen (secondary N) is 1. The highest BCUT2D eigenvalue weighted by Gasteiger charge is 2.17. The number of halogens is 2. The molecular formula is C13H16F2N2O4. The van der Waals surface area contributed by atoms with E-state index in [9.17, 15) is 13.6 Å². The first kappa shape index (κ1) is 15.6. The van der Waals surface area contributed by atoms with Crippen molar-refractivity contribution in [3.05, 3.63) is 24.0 Å². The van der Waals surface area contributed by atoms with Gasteiger partial charge in [-0.05, 0) is 18.9 Å². The molecule has 1 aromatic heterocycles. The Kier molecular flexibility index (Phi) is 5.82. The number of hydrogen-bond donors (Lipinski definition) is 1. The van der Waals surface area contributed by atoms with Crippen LogP contribution in [0.25, 0.3) is 0 Å². The first-order chi connectivity index (χ1) is 10.1. The van der Waals surface area contributed by atoms with Gasteiger partial charge < -0.3 is 9.47 Å². The highest BCUT2D eigenvalue weighted by atomic mass is 19.3. The minimum Gasteiger partial charge on any atom is -0.488 e. The number of amides is 1. The fourth-order valence-electron chi connectivity index (χ4n) is 1.76. The van der Waals surface area contributed by atoms with Gasteiger partial charge in [0.15, 0.2) is 6.29 Å². The molecule has 0 saturated carbocycles. The van der Waals surface area contributed by atoms with Crippen LogP contribution in [0, 0.1) is 0 Å². The normalized spacial score (nSPS) is 18.5. The number of pyridine rings is 1. The van der Waals surface area contributed by atoms with Crippen molar-refractivity contribution in [2.45, 2.75) is 32.0 Å². The molecule has 1 aromatic rings. The number of hydrogen-bond acceptors (Lipinski definition) is 5. The first-order valence-corrected chi connectivity index (χ1v) is 6.60. The molecule has 6 nitrogen and oxygen atoms in total. The average molecular weight is 302 g/mol. The van der Waals surface area contributed by atoms with Crippen molar-refractivity contribution in [3.63, 3.8) is 0 Å². The second-order valence-corrected chi connectivity index (χ2v) is 4.42. The van der Waals surface area contributed by atoms with Crippen LogP contribution < -0.4 is 10.2 Å². The smallest absolute Gasteiger partial charge is 0.293 e. The summed E-state index contributed by atoms with van der Waals surface area (Å²) in [5.74, 6) is -0.448. The van der Waals surface area contributed by atoms with Crippen molar-refractivity contribution in [1.82, 2.24) is 10.5 Å². The number of rotatable bonds is 6. The summed E-state index contributed by atoms with van der Waals surface area (Å²) in [4.78, 5) is 20.8. The Morgan fingerprint density at radius 1 is 1.52 bits per heavy atom. The standard InChI is InChI=1S/C13H16F2N2O4/c14-11(15)8-20-9-4-5-16-10(7-9)13(18)17-21-12-3-1-2-6-19-12/h4-5,7,11-12H,1-3,6,8H2,(H,17,18)/t12-/m0/s1. The third kappa shape index (κ3) is 5.24. The Morgan fingerprint density at radius 2 is 2.38 bits per heavy atom. The van der Waals surface area contributed by atoms with E-state index in [2.05, 4.69) is 10.5 Å². The quantitative estimate of drug-likeness (QED) is 0.813. The Balaban J connectivity index is 1.84. The second kappa shape index (κ2) is 7.84. The van der Waals surface area contributed by atoms with Gasteiger partial charge in [0, 0.05) is 25.3 Å². The highest BCUT2D eigenvalue weighted by molar-refractivity contribution is 5.91. The lowest BCUT2D eigenvalue weighted by atomic mass is 10.2. The largest absolute Gasteiger partial charge is 0.488 e. The van der Waals surface area contributed by atoms with Gasteiger partial charge in [0.1, 0.15) is 18.1 Å². The highest BCUT2D eigenvalue weighted by Crippen LogP contribution is 2.14. The maximum Gasteiger partial charge on any atom is 0.293 e. The molecule has 0 unspecified atom stereocenters. The lowest BCUT2D eigenvalue weighted by molar-refractivity contribution is -0.186. The van der Waals surface area contributed by atoms with Crippen molar-refractivity contribution in [2.75, 3.05) is 13.2 Å². The molecule has 1 aliphatic heterocycles. The van der Waals surface area contributed by atoms with Gasteiger partial charge in [0.05, 0.1) is 0 Å². The molecule has 2 rings (SSSR count). The SMILES string of the molecule is O=C(NO[C@H]1CCCCO1)c1cc(OCC(F)F)ccn1. The molecule has 21 heavy (non-hydrogen) atoms. The molecule has 1 aliphatic rings. The molecule has 0 spiro atoms. The lowest BCUT2D eigenvalue weighted by Crippen LogP contribution is -2.33. The zero-order valence-electron chi connectivity index (χ0n) is 11.3. The third-order valence-electron chi connectivity index (χ3n) is 2.76. The summed E-state index contributed by atoms with van der Waals surface area (Å²) in [5.41, 5.74) is 2.24. The summed E-state index contributed by atoms with van der Waals surface area (Å²) in [6, 6.07) is 2.66. The zero-order valence-corrected chi connectivity index (χ0v) is 11.3. The molecule has 1 saturated heterocycles. The molecule has 0 aromatic carbocycles. The number of hydroxylamine groups is 1. The van der Waals surface area contributed by atoms with Crippen LogP contribution in [0.4, 0.5) is 8.78 Å². The van der Waals surface area contributed by atoms with E-state index in [0.29, 0.717) is 13.0 Å². The first-order valence-electron chi connectivity index (χ1n) is 6.60. The number of nitrogens with zero attached hydrogens (tertiary/aromatic N) is 1. The molecule has 0 bridgehead atoms. The maximum atomic E-state index is 12.1. The number of ether oxygens (including phenoxy) is 2. The summed E-state index contributed by atoms with van der Waals surface area (Å²) in [7, 11) is 0. The summed E-state index contributed by atoms with van der Waals surface area (Å²) >= 11 is 0. The minimum absolute atomic E-state index is 0.0116. The minimum atomic E-state index is -2.58. The fraction of sp³-hybridized carbons (Fsp3) is 0.538. The van der Waals surface area contributed by atoms with Crippen LogP contribution in [-0.4, -0.2) is 36.8 Å². The summed E-state index contributed by atoms with van der Waals surface area (Å²) in [6.07, 6.45) is 0.885. The molecule has 1 amide bonds. The average Bonchev–Trinajstić information content (AvgIpc) is 2.52. The Hall–Kier alpha value is -1.80. The maximum absolute atomic E-state index is 12.1. The molecular weight excluding hydrogens is 286 g/mol. The van der Waals surface area contributed by atoms with Crippen LogP contribution in [0.2, 0.25) is 0 Å². The Bertz CT molecular complexity index is 467. The van der Waals surface area contributed by atoms with Crippen molar-refractivity contribution >= 4 is 5.91 Å². The van der Waals surface area contributed by atoms with E-state index in [0.717, 1.165) is 12.8 Å². The van der Waals surface area contributed by atoms with Gasteiger partial charge in [-0.25, -0.2) is 19.1 Å². The van der Waals surface area contributed by atoms with Gasteiger partial charge in [-0.2, -0.15) is 0 Å². The van der Waals surface area contributed by atoms with Gasteiger partial charge in [-0.1, -0.05) is 0 Å². The zero-order chi connectivity index (χ0) is 15.1. The van der Waals surface area contributed by atoms with Gasteiger partial charge in [-0.3, -0.25) is 9.78 Å². The number of carbonyl (C=O) groups is 1. The summed E-state index contributed by atoms with van der Waals surface area (Å²) < 4.78 is 34.2. The van der Waals surface area contributed by atoms with Gasteiger partial charge in [-0.15, -0.1) is 0 Å². The fourth-order valence-corrected chi connectivity index (χ4v) is 1.76. The van der Waals surface area contributed by atoms with E-state index in [-0.39, 0.29) is 11.4 Å². The van der Waals surface area contributed by atoms with E-state index < -0.39 is 25.2 Å². The number of carbonyl (C=O) groups excluding carboxylic acids is 1. The molecule has 0 radical (unpaired) electrons. The van der Waals surface area contributed by atoms with E-state index in [1.54, 1.807) is 0 Å². The van der Waals surface area contributed by atoms with E-state index in [1.165, 1.54) is 18.3 Å². The molecule has 1 N–H and O–H groups in total. The van der Waals surface area contributed by atoms with Crippen molar-refractivity contribution in [2.24, 2.45) is 0 Å². The van der Waals surface area contributed by atoms with Crippen molar-refractivity contribution in [1.29, 1.82) is 0 Å². The second-order valence-electron chi connectivity index (χ2n) is 4.42. The third-order valence-corrected chi connectivity index (χ3v) is 2.76. The van der Waals surface area contributed by atoms with Gasteiger partial charge >= 0.3 is 0 Å². The lowest BCUT2D eigenvalue weighted by Gasteiger charge is -2.21. The van der Waals surface area contributed by atoms with Crippen LogP contribution in [0.15, 0.2) is 18.3 Å². The topological polar surface area (TPSA) is 69.7 Å². The molecule has 1 atom stereocenters. The number of aromatic nitrogens is 1. The molecule has 8 heteroatoms. The van der Waals surface area contributed by atoms with Crippen LogP contribution in [-0.2, 0) is 9.57 Å².